The summed E-state index contributed by atoms with van der Waals surface area (Å²) in [4.78, 5) is 22.2. The minimum Gasteiger partial charge on any atom is -0.481 e. The second-order valence-corrected chi connectivity index (χ2v) is 5.10. The maximum absolute atomic E-state index is 11.6. The van der Waals surface area contributed by atoms with E-state index in [9.17, 15) is 9.59 Å². The summed E-state index contributed by atoms with van der Waals surface area (Å²) in [5.74, 6) is -1.32. The SMILES string of the molecule is CCc1ccc(/C=C/C(=O)NCCCC(C)C(=O)O)cc1. The fourth-order valence-corrected chi connectivity index (χ4v) is 1.84. The van der Waals surface area contributed by atoms with Crippen LogP contribution < -0.4 is 5.32 Å². The zero-order valence-electron chi connectivity index (χ0n) is 12.6. The molecule has 1 amide bonds. The Kier molecular flexibility index (Phi) is 7.23. The van der Waals surface area contributed by atoms with Gasteiger partial charge in [-0.3, -0.25) is 9.59 Å². The minimum absolute atomic E-state index is 0.155. The molecule has 1 aromatic carbocycles. The van der Waals surface area contributed by atoms with Gasteiger partial charge in [0.1, 0.15) is 0 Å². The largest absolute Gasteiger partial charge is 0.481 e. The lowest BCUT2D eigenvalue weighted by atomic mass is 10.1. The molecule has 0 radical (unpaired) electrons. The fourth-order valence-electron chi connectivity index (χ4n) is 1.84. The topological polar surface area (TPSA) is 66.4 Å². The van der Waals surface area contributed by atoms with Crippen LogP contribution in [0, 0.1) is 5.92 Å². The Hall–Kier alpha value is -2.10. The van der Waals surface area contributed by atoms with E-state index in [0.29, 0.717) is 19.4 Å². The van der Waals surface area contributed by atoms with Crippen LogP contribution in [0.3, 0.4) is 0 Å². The Bertz CT molecular complexity index is 491. The second kappa shape index (κ2) is 8.95. The summed E-state index contributed by atoms with van der Waals surface area (Å²) >= 11 is 0. The van der Waals surface area contributed by atoms with Gasteiger partial charge in [0.2, 0.25) is 5.91 Å². The van der Waals surface area contributed by atoms with Crippen LogP contribution >= 0.6 is 0 Å². The summed E-state index contributed by atoms with van der Waals surface area (Å²) in [6, 6.07) is 8.06. The monoisotopic (exact) mass is 289 g/mol. The molecule has 21 heavy (non-hydrogen) atoms. The lowest BCUT2D eigenvalue weighted by molar-refractivity contribution is -0.141. The Morgan fingerprint density at radius 1 is 1.29 bits per heavy atom. The first kappa shape index (κ1) is 17.0. The smallest absolute Gasteiger partial charge is 0.306 e. The van der Waals surface area contributed by atoms with Gasteiger partial charge in [-0.15, -0.1) is 0 Å². The Morgan fingerprint density at radius 2 is 1.95 bits per heavy atom. The molecule has 0 saturated heterocycles. The highest BCUT2D eigenvalue weighted by Crippen LogP contribution is 2.07. The number of hydrogen-bond donors (Lipinski definition) is 2. The average molecular weight is 289 g/mol. The summed E-state index contributed by atoms with van der Waals surface area (Å²) < 4.78 is 0. The molecule has 1 unspecified atom stereocenters. The standard InChI is InChI=1S/C17H23NO3/c1-3-14-6-8-15(9-7-14)10-11-16(19)18-12-4-5-13(2)17(20)21/h6-11,13H,3-5,12H2,1-2H3,(H,18,19)(H,20,21)/b11-10+. The van der Waals surface area contributed by atoms with Crippen LogP contribution in [-0.2, 0) is 16.0 Å². The van der Waals surface area contributed by atoms with E-state index in [-0.39, 0.29) is 11.8 Å². The molecule has 0 fully saturated rings. The van der Waals surface area contributed by atoms with Crippen molar-refractivity contribution in [3.05, 3.63) is 41.5 Å². The summed E-state index contributed by atoms with van der Waals surface area (Å²) in [5.41, 5.74) is 2.26. The Morgan fingerprint density at radius 3 is 2.52 bits per heavy atom. The number of carbonyl (C=O) groups is 2. The number of rotatable bonds is 8. The number of benzene rings is 1. The van der Waals surface area contributed by atoms with Crippen molar-refractivity contribution < 1.29 is 14.7 Å². The number of carboxylic acids is 1. The Labute approximate surface area is 125 Å². The zero-order valence-corrected chi connectivity index (χ0v) is 12.6. The predicted molar refractivity (Wildman–Crippen MR) is 83.9 cm³/mol. The molecule has 0 aromatic heterocycles. The van der Waals surface area contributed by atoms with Gasteiger partial charge >= 0.3 is 5.97 Å². The van der Waals surface area contributed by atoms with E-state index in [1.54, 1.807) is 13.0 Å². The third-order valence-corrected chi connectivity index (χ3v) is 3.35. The molecule has 2 N–H and O–H groups in total. The summed E-state index contributed by atoms with van der Waals surface area (Å²) in [5, 5.41) is 11.5. The van der Waals surface area contributed by atoms with Gasteiger partial charge in [-0.2, -0.15) is 0 Å². The normalized spacial score (nSPS) is 12.3. The molecule has 1 rings (SSSR count). The van der Waals surface area contributed by atoms with Gasteiger partial charge in [-0.25, -0.2) is 0 Å². The molecule has 1 atom stereocenters. The first-order valence-corrected chi connectivity index (χ1v) is 7.30. The van der Waals surface area contributed by atoms with Crippen molar-refractivity contribution in [1.82, 2.24) is 5.32 Å². The van der Waals surface area contributed by atoms with Gasteiger partial charge in [-0.05, 0) is 36.5 Å². The van der Waals surface area contributed by atoms with E-state index >= 15 is 0 Å². The number of nitrogens with one attached hydrogen (secondary N) is 1. The van der Waals surface area contributed by atoms with E-state index in [1.807, 2.05) is 24.3 Å². The molecule has 0 bridgehead atoms. The summed E-state index contributed by atoms with van der Waals surface area (Å²) in [7, 11) is 0. The summed E-state index contributed by atoms with van der Waals surface area (Å²) in [6.45, 7) is 4.27. The van der Waals surface area contributed by atoms with Crippen LogP contribution in [0.25, 0.3) is 6.08 Å². The minimum atomic E-state index is -0.795. The molecule has 0 saturated carbocycles. The van der Waals surface area contributed by atoms with Crippen LogP contribution in [0.5, 0.6) is 0 Å². The highest BCUT2D eigenvalue weighted by Gasteiger charge is 2.09. The van der Waals surface area contributed by atoms with Crippen molar-refractivity contribution in [1.29, 1.82) is 0 Å². The number of carbonyl (C=O) groups excluding carboxylic acids is 1. The van der Waals surface area contributed by atoms with Gasteiger partial charge in [0.15, 0.2) is 0 Å². The first-order valence-electron chi connectivity index (χ1n) is 7.30. The number of hydrogen-bond acceptors (Lipinski definition) is 2. The van der Waals surface area contributed by atoms with Gasteiger partial charge in [-0.1, -0.05) is 38.1 Å². The molecule has 0 aliphatic rings. The van der Waals surface area contributed by atoms with Crippen molar-refractivity contribution >= 4 is 18.0 Å². The van der Waals surface area contributed by atoms with Gasteiger partial charge in [0, 0.05) is 12.6 Å². The van der Waals surface area contributed by atoms with Gasteiger partial charge in [0.05, 0.1) is 5.92 Å². The Balaban J connectivity index is 2.29. The van der Waals surface area contributed by atoms with Crippen LogP contribution in [-0.4, -0.2) is 23.5 Å². The molecule has 0 aliphatic carbocycles. The third kappa shape index (κ3) is 6.75. The van der Waals surface area contributed by atoms with Crippen molar-refractivity contribution in [2.24, 2.45) is 5.92 Å². The van der Waals surface area contributed by atoms with E-state index in [1.165, 1.54) is 11.6 Å². The zero-order chi connectivity index (χ0) is 15.7. The van der Waals surface area contributed by atoms with Crippen molar-refractivity contribution in [3.63, 3.8) is 0 Å². The lowest BCUT2D eigenvalue weighted by Crippen LogP contribution is -2.23. The first-order chi connectivity index (χ1) is 10.0. The summed E-state index contributed by atoms with van der Waals surface area (Å²) in [6.07, 6.45) is 5.51. The number of aliphatic carboxylic acids is 1. The van der Waals surface area contributed by atoms with E-state index in [0.717, 1.165) is 12.0 Å². The number of aryl methyl sites for hydroxylation is 1. The highest BCUT2D eigenvalue weighted by atomic mass is 16.4. The number of carboxylic acid groups (broad SMARTS) is 1. The van der Waals surface area contributed by atoms with Crippen LogP contribution in [0.4, 0.5) is 0 Å². The third-order valence-electron chi connectivity index (χ3n) is 3.35. The molecule has 0 heterocycles. The van der Waals surface area contributed by atoms with E-state index < -0.39 is 5.97 Å². The molecule has 1 aromatic rings. The molecule has 0 spiro atoms. The fraction of sp³-hybridized carbons (Fsp3) is 0.412. The van der Waals surface area contributed by atoms with Crippen molar-refractivity contribution in [3.8, 4) is 0 Å². The lowest BCUT2D eigenvalue weighted by Gasteiger charge is -2.05. The maximum atomic E-state index is 11.6. The maximum Gasteiger partial charge on any atom is 0.306 e. The van der Waals surface area contributed by atoms with Crippen LogP contribution in [0.2, 0.25) is 0 Å². The van der Waals surface area contributed by atoms with Crippen LogP contribution in [0.1, 0.15) is 37.8 Å². The molecular formula is C17H23NO3. The molecular weight excluding hydrogens is 266 g/mol. The molecule has 114 valence electrons. The molecule has 4 nitrogen and oxygen atoms in total. The van der Waals surface area contributed by atoms with Crippen LogP contribution in [0.15, 0.2) is 30.3 Å². The van der Waals surface area contributed by atoms with Crippen molar-refractivity contribution in [2.75, 3.05) is 6.54 Å². The molecule has 4 heteroatoms. The van der Waals surface area contributed by atoms with Gasteiger partial charge in [0.25, 0.3) is 0 Å². The van der Waals surface area contributed by atoms with Crippen molar-refractivity contribution in [2.45, 2.75) is 33.1 Å². The highest BCUT2D eigenvalue weighted by molar-refractivity contribution is 5.91. The van der Waals surface area contributed by atoms with E-state index in [2.05, 4.69) is 12.2 Å². The average Bonchev–Trinajstić information content (AvgIpc) is 2.49. The number of amides is 1. The van der Waals surface area contributed by atoms with E-state index in [4.69, 9.17) is 5.11 Å². The predicted octanol–water partition coefficient (Wildman–Crippen LogP) is 2.88. The molecule has 0 aliphatic heterocycles. The van der Waals surface area contributed by atoms with Gasteiger partial charge < -0.3 is 10.4 Å². The second-order valence-electron chi connectivity index (χ2n) is 5.10. The quantitative estimate of drug-likeness (QED) is 0.571.